The lowest BCUT2D eigenvalue weighted by molar-refractivity contribution is -0.119. The maximum atomic E-state index is 10.9. The first-order valence-electron chi connectivity index (χ1n) is 7.02. The third kappa shape index (κ3) is 3.57. The van der Waals surface area contributed by atoms with Crippen molar-refractivity contribution in [2.75, 3.05) is 30.3 Å². The number of piperidine rings is 1. The van der Waals surface area contributed by atoms with Crippen molar-refractivity contribution in [3.8, 4) is 0 Å². The Balaban J connectivity index is 1.97. The molecule has 1 saturated heterocycles. The first-order valence-corrected chi connectivity index (χ1v) is 7.40. The monoisotopic (exact) mass is 295 g/mol. The predicted octanol–water partition coefficient (Wildman–Crippen LogP) is 2.58. The summed E-state index contributed by atoms with van der Waals surface area (Å²) in [5.41, 5.74) is 8.78. The Hall–Kier alpha value is -1.42. The Morgan fingerprint density at radius 3 is 2.70 bits per heavy atom. The number of carbonyl (C=O) groups is 1. The minimum absolute atomic E-state index is 0.0496. The highest BCUT2D eigenvalue weighted by Gasteiger charge is 2.21. The minimum Gasteiger partial charge on any atom is -0.398 e. The smallest absolute Gasteiger partial charge is 0.216 e. The van der Waals surface area contributed by atoms with E-state index < -0.39 is 0 Å². The van der Waals surface area contributed by atoms with Gasteiger partial charge in [0.1, 0.15) is 0 Å². The van der Waals surface area contributed by atoms with Crippen LogP contribution in [0.3, 0.4) is 0 Å². The van der Waals surface area contributed by atoms with E-state index in [0.29, 0.717) is 16.6 Å². The number of benzene rings is 1. The third-order valence-electron chi connectivity index (χ3n) is 3.91. The van der Waals surface area contributed by atoms with Gasteiger partial charge in [-0.1, -0.05) is 11.6 Å². The highest BCUT2D eigenvalue weighted by Crippen LogP contribution is 2.31. The van der Waals surface area contributed by atoms with E-state index in [1.54, 1.807) is 6.92 Å². The first-order chi connectivity index (χ1) is 9.47. The van der Waals surface area contributed by atoms with E-state index in [9.17, 15) is 4.79 Å². The molecule has 3 N–H and O–H groups in total. The van der Waals surface area contributed by atoms with Gasteiger partial charge in [-0.05, 0) is 43.4 Å². The maximum Gasteiger partial charge on any atom is 0.216 e. The summed E-state index contributed by atoms with van der Waals surface area (Å²) >= 11 is 6.12. The number of nitrogen functional groups attached to an aromatic ring is 1. The highest BCUT2D eigenvalue weighted by atomic mass is 35.5. The van der Waals surface area contributed by atoms with Gasteiger partial charge in [0.15, 0.2) is 0 Å². The SMILES string of the molecule is CC(=O)NCC1CCN(c2cc(Cl)c(N)cc2C)CC1. The lowest BCUT2D eigenvalue weighted by Crippen LogP contribution is -2.38. The average Bonchev–Trinajstić information content (AvgIpc) is 2.41. The van der Waals surface area contributed by atoms with Crippen molar-refractivity contribution < 1.29 is 4.79 Å². The van der Waals surface area contributed by atoms with Crippen molar-refractivity contribution in [1.82, 2.24) is 5.32 Å². The summed E-state index contributed by atoms with van der Waals surface area (Å²) in [6.45, 7) is 6.39. The van der Waals surface area contributed by atoms with E-state index >= 15 is 0 Å². The van der Waals surface area contributed by atoms with Crippen molar-refractivity contribution in [2.24, 2.45) is 5.92 Å². The van der Waals surface area contributed by atoms with Gasteiger partial charge < -0.3 is 16.0 Å². The molecule has 0 aromatic heterocycles. The molecule has 1 aromatic rings. The van der Waals surface area contributed by atoms with Crippen LogP contribution in [0.2, 0.25) is 5.02 Å². The summed E-state index contributed by atoms with van der Waals surface area (Å²) in [6, 6.07) is 3.89. The molecular weight excluding hydrogens is 274 g/mol. The molecule has 0 atom stereocenters. The average molecular weight is 296 g/mol. The van der Waals surface area contributed by atoms with Crippen LogP contribution in [0.1, 0.15) is 25.3 Å². The molecule has 0 unspecified atom stereocenters. The zero-order valence-electron chi connectivity index (χ0n) is 12.1. The van der Waals surface area contributed by atoms with Crippen LogP contribution in [-0.4, -0.2) is 25.5 Å². The number of aryl methyl sites for hydroxylation is 1. The number of nitrogens with one attached hydrogen (secondary N) is 1. The molecule has 0 aliphatic carbocycles. The van der Waals surface area contributed by atoms with Crippen LogP contribution in [0.5, 0.6) is 0 Å². The number of nitrogens with zero attached hydrogens (tertiary/aromatic N) is 1. The van der Waals surface area contributed by atoms with Gasteiger partial charge in [0.05, 0.1) is 10.7 Å². The number of hydrogen-bond acceptors (Lipinski definition) is 3. The molecule has 2 rings (SSSR count). The Labute approximate surface area is 125 Å². The van der Waals surface area contributed by atoms with Gasteiger partial charge in [0.25, 0.3) is 0 Å². The summed E-state index contributed by atoms with van der Waals surface area (Å²) in [6.07, 6.45) is 2.17. The number of rotatable bonds is 3. The van der Waals surface area contributed by atoms with Crippen molar-refractivity contribution in [2.45, 2.75) is 26.7 Å². The van der Waals surface area contributed by atoms with Crippen LogP contribution in [0, 0.1) is 12.8 Å². The molecule has 4 nitrogen and oxygen atoms in total. The van der Waals surface area contributed by atoms with E-state index in [0.717, 1.165) is 38.0 Å². The molecular formula is C15H22ClN3O. The lowest BCUT2D eigenvalue weighted by Gasteiger charge is -2.34. The van der Waals surface area contributed by atoms with Crippen LogP contribution < -0.4 is 16.0 Å². The van der Waals surface area contributed by atoms with Crippen LogP contribution in [0.4, 0.5) is 11.4 Å². The Morgan fingerprint density at radius 2 is 2.10 bits per heavy atom. The van der Waals surface area contributed by atoms with Gasteiger partial charge in [-0.15, -0.1) is 0 Å². The summed E-state index contributed by atoms with van der Waals surface area (Å²) < 4.78 is 0. The van der Waals surface area contributed by atoms with Crippen molar-refractivity contribution in [3.63, 3.8) is 0 Å². The zero-order chi connectivity index (χ0) is 14.7. The van der Waals surface area contributed by atoms with Crippen LogP contribution in [0.25, 0.3) is 0 Å². The van der Waals surface area contributed by atoms with Crippen molar-refractivity contribution >= 4 is 28.9 Å². The Kier molecular flexibility index (Phi) is 4.76. The Bertz CT molecular complexity index is 496. The Morgan fingerprint density at radius 1 is 1.45 bits per heavy atom. The molecule has 20 heavy (non-hydrogen) atoms. The van der Waals surface area contributed by atoms with Crippen molar-refractivity contribution in [3.05, 3.63) is 22.7 Å². The van der Waals surface area contributed by atoms with Gasteiger partial charge >= 0.3 is 0 Å². The zero-order valence-corrected chi connectivity index (χ0v) is 12.8. The molecule has 110 valence electrons. The molecule has 5 heteroatoms. The van der Waals surface area contributed by atoms with Crippen LogP contribution >= 0.6 is 11.6 Å². The lowest BCUT2D eigenvalue weighted by atomic mass is 9.96. The molecule has 1 fully saturated rings. The van der Waals surface area contributed by atoms with E-state index in [1.807, 2.05) is 12.1 Å². The number of anilines is 2. The van der Waals surface area contributed by atoms with E-state index in [-0.39, 0.29) is 5.91 Å². The number of carbonyl (C=O) groups excluding carboxylic acids is 1. The molecule has 1 heterocycles. The topological polar surface area (TPSA) is 58.4 Å². The molecule has 0 spiro atoms. The van der Waals surface area contributed by atoms with Crippen LogP contribution in [-0.2, 0) is 4.79 Å². The number of halogens is 1. The maximum absolute atomic E-state index is 10.9. The largest absolute Gasteiger partial charge is 0.398 e. The van der Waals surface area contributed by atoms with Gasteiger partial charge in [0, 0.05) is 32.2 Å². The molecule has 1 aliphatic heterocycles. The molecule has 0 saturated carbocycles. The third-order valence-corrected chi connectivity index (χ3v) is 4.24. The van der Waals surface area contributed by atoms with E-state index in [4.69, 9.17) is 17.3 Å². The van der Waals surface area contributed by atoms with Crippen LogP contribution in [0.15, 0.2) is 12.1 Å². The number of amides is 1. The molecule has 0 bridgehead atoms. The van der Waals surface area contributed by atoms with Gasteiger partial charge in [-0.2, -0.15) is 0 Å². The van der Waals surface area contributed by atoms with Gasteiger partial charge in [-0.25, -0.2) is 0 Å². The van der Waals surface area contributed by atoms with Gasteiger partial charge in [-0.3, -0.25) is 4.79 Å². The predicted molar refractivity (Wildman–Crippen MR) is 84.2 cm³/mol. The molecule has 1 aromatic carbocycles. The second-order valence-corrected chi connectivity index (χ2v) is 5.93. The summed E-state index contributed by atoms with van der Waals surface area (Å²) in [5, 5.41) is 3.52. The minimum atomic E-state index is 0.0496. The second kappa shape index (κ2) is 6.35. The first kappa shape index (κ1) is 15.0. The summed E-state index contributed by atoms with van der Waals surface area (Å²) in [5.74, 6) is 0.619. The summed E-state index contributed by atoms with van der Waals surface area (Å²) in [7, 11) is 0. The quantitative estimate of drug-likeness (QED) is 0.843. The molecule has 1 amide bonds. The number of nitrogens with two attached hydrogens (primary N) is 1. The molecule has 1 aliphatic rings. The normalized spacial score (nSPS) is 16.2. The summed E-state index contributed by atoms with van der Waals surface area (Å²) in [4.78, 5) is 13.3. The molecule has 0 radical (unpaired) electrons. The fourth-order valence-corrected chi connectivity index (χ4v) is 2.86. The fraction of sp³-hybridized carbons (Fsp3) is 0.533. The van der Waals surface area contributed by atoms with E-state index in [1.165, 1.54) is 5.69 Å². The highest BCUT2D eigenvalue weighted by molar-refractivity contribution is 6.33. The van der Waals surface area contributed by atoms with Crippen molar-refractivity contribution in [1.29, 1.82) is 0 Å². The standard InChI is InChI=1S/C15H22ClN3O/c1-10-7-14(17)13(16)8-15(10)19-5-3-12(4-6-19)9-18-11(2)20/h7-8,12H,3-6,9,17H2,1-2H3,(H,18,20). The van der Waals surface area contributed by atoms with Gasteiger partial charge in [0.2, 0.25) is 5.91 Å². The second-order valence-electron chi connectivity index (χ2n) is 5.53. The van der Waals surface area contributed by atoms with E-state index in [2.05, 4.69) is 17.1 Å². The number of hydrogen-bond donors (Lipinski definition) is 2. The fourth-order valence-electron chi connectivity index (χ4n) is 2.70.